The van der Waals surface area contributed by atoms with Gasteiger partial charge in [0, 0.05) is 6.42 Å². The van der Waals surface area contributed by atoms with Crippen molar-refractivity contribution in [3.8, 4) is 0 Å². The van der Waals surface area contributed by atoms with E-state index in [1.165, 1.54) is 25.7 Å². The number of rotatable bonds is 4. The SMILES string of the molecule is C1CCC(OCCC2=NCCO2)C1. The second-order valence-corrected chi connectivity index (χ2v) is 3.65. The van der Waals surface area contributed by atoms with Gasteiger partial charge in [0.15, 0.2) is 5.90 Å². The maximum Gasteiger partial charge on any atom is 0.185 e. The first-order valence-electron chi connectivity index (χ1n) is 5.23. The van der Waals surface area contributed by atoms with Gasteiger partial charge in [0.05, 0.1) is 19.3 Å². The van der Waals surface area contributed by atoms with Crippen LogP contribution >= 0.6 is 0 Å². The summed E-state index contributed by atoms with van der Waals surface area (Å²) in [6, 6.07) is 0. The van der Waals surface area contributed by atoms with Crippen LogP contribution in [0.2, 0.25) is 0 Å². The Bertz CT molecular complexity index is 185. The topological polar surface area (TPSA) is 30.8 Å². The third kappa shape index (κ3) is 2.69. The van der Waals surface area contributed by atoms with Crippen molar-refractivity contribution in [3.05, 3.63) is 0 Å². The molecule has 0 aromatic carbocycles. The summed E-state index contributed by atoms with van der Waals surface area (Å²) in [5, 5.41) is 0. The van der Waals surface area contributed by atoms with Gasteiger partial charge < -0.3 is 9.47 Å². The van der Waals surface area contributed by atoms with E-state index >= 15 is 0 Å². The average Bonchev–Trinajstić information content (AvgIpc) is 2.75. The Morgan fingerprint density at radius 3 is 2.92 bits per heavy atom. The maximum atomic E-state index is 5.70. The van der Waals surface area contributed by atoms with E-state index in [2.05, 4.69) is 4.99 Å². The summed E-state index contributed by atoms with van der Waals surface area (Å²) in [5.41, 5.74) is 0. The predicted octanol–water partition coefficient (Wildman–Crippen LogP) is 1.76. The van der Waals surface area contributed by atoms with Gasteiger partial charge in [-0.3, -0.25) is 4.99 Å². The monoisotopic (exact) mass is 183 g/mol. The maximum absolute atomic E-state index is 5.70. The molecular formula is C10H17NO2. The summed E-state index contributed by atoms with van der Waals surface area (Å²) >= 11 is 0. The molecule has 0 amide bonds. The zero-order valence-corrected chi connectivity index (χ0v) is 8.00. The normalized spacial score (nSPS) is 23.2. The number of nitrogens with zero attached hydrogens (tertiary/aromatic N) is 1. The summed E-state index contributed by atoms with van der Waals surface area (Å²) in [6.45, 7) is 2.38. The second-order valence-electron chi connectivity index (χ2n) is 3.65. The molecule has 0 radical (unpaired) electrons. The van der Waals surface area contributed by atoms with Crippen LogP contribution in [0, 0.1) is 0 Å². The Morgan fingerprint density at radius 2 is 2.23 bits per heavy atom. The average molecular weight is 183 g/mol. The molecule has 0 saturated heterocycles. The highest BCUT2D eigenvalue weighted by Crippen LogP contribution is 2.20. The Kier molecular flexibility index (Phi) is 3.19. The second kappa shape index (κ2) is 4.61. The summed E-state index contributed by atoms with van der Waals surface area (Å²) in [6.07, 6.45) is 6.53. The highest BCUT2D eigenvalue weighted by molar-refractivity contribution is 5.77. The first-order valence-corrected chi connectivity index (χ1v) is 5.23. The van der Waals surface area contributed by atoms with Crippen molar-refractivity contribution in [2.45, 2.75) is 38.2 Å². The molecule has 13 heavy (non-hydrogen) atoms. The van der Waals surface area contributed by atoms with E-state index in [1.54, 1.807) is 0 Å². The summed E-state index contributed by atoms with van der Waals surface area (Å²) in [7, 11) is 0. The van der Waals surface area contributed by atoms with Crippen LogP contribution in [0.1, 0.15) is 32.1 Å². The molecule has 0 unspecified atom stereocenters. The van der Waals surface area contributed by atoms with Crippen molar-refractivity contribution in [1.82, 2.24) is 0 Å². The third-order valence-corrected chi connectivity index (χ3v) is 2.62. The Balaban J connectivity index is 1.57. The Hall–Kier alpha value is -0.570. The number of aliphatic imine (C=N–C) groups is 1. The molecule has 1 fully saturated rings. The van der Waals surface area contributed by atoms with Crippen LogP contribution in [-0.4, -0.2) is 31.8 Å². The van der Waals surface area contributed by atoms with Crippen LogP contribution in [0.5, 0.6) is 0 Å². The van der Waals surface area contributed by atoms with E-state index in [-0.39, 0.29) is 0 Å². The molecule has 0 spiro atoms. The van der Waals surface area contributed by atoms with Crippen LogP contribution in [0.15, 0.2) is 4.99 Å². The molecule has 74 valence electrons. The van der Waals surface area contributed by atoms with Crippen LogP contribution in [-0.2, 0) is 9.47 Å². The Labute approximate surface area is 79.1 Å². The van der Waals surface area contributed by atoms with Gasteiger partial charge in [-0.1, -0.05) is 12.8 Å². The molecule has 1 heterocycles. The lowest BCUT2D eigenvalue weighted by atomic mass is 10.3. The van der Waals surface area contributed by atoms with Crippen molar-refractivity contribution in [2.24, 2.45) is 4.99 Å². The van der Waals surface area contributed by atoms with Crippen molar-refractivity contribution < 1.29 is 9.47 Å². The minimum absolute atomic E-state index is 0.516. The largest absolute Gasteiger partial charge is 0.479 e. The fourth-order valence-electron chi connectivity index (χ4n) is 1.90. The molecule has 2 aliphatic rings. The van der Waals surface area contributed by atoms with Gasteiger partial charge in [0.25, 0.3) is 0 Å². The lowest BCUT2D eigenvalue weighted by Gasteiger charge is -2.10. The minimum Gasteiger partial charge on any atom is -0.479 e. The van der Waals surface area contributed by atoms with Crippen molar-refractivity contribution in [2.75, 3.05) is 19.8 Å². The molecule has 0 atom stereocenters. The fourth-order valence-corrected chi connectivity index (χ4v) is 1.90. The van der Waals surface area contributed by atoms with Gasteiger partial charge in [-0.15, -0.1) is 0 Å². The van der Waals surface area contributed by atoms with E-state index in [1.807, 2.05) is 0 Å². The van der Waals surface area contributed by atoms with Crippen LogP contribution in [0.3, 0.4) is 0 Å². The van der Waals surface area contributed by atoms with Gasteiger partial charge in [0.1, 0.15) is 6.61 Å². The number of hydrogen-bond donors (Lipinski definition) is 0. The van der Waals surface area contributed by atoms with Crippen molar-refractivity contribution >= 4 is 5.90 Å². The summed E-state index contributed by atoms with van der Waals surface area (Å²) in [5.74, 6) is 0.887. The van der Waals surface area contributed by atoms with Gasteiger partial charge in [0.2, 0.25) is 0 Å². The molecular weight excluding hydrogens is 166 g/mol. The van der Waals surface area contributed by atoms with Crippen molar-refractivity contribution in [3.63, 3.8) is 0 Å². The molecule has 3 heteroatoms. The fraction of sp³-hybridized carbons (Fsp3) is 0.900. The molecule has 3 nitrogen and oxygen atoms in total. The molecule has 0 aromatic rings. The highest BCUT2D eigenvalue weighted by atomic mass is 16.5. The lowest BCUT2D eigenvalue weighted by Crippen LogP contribution is -2.11. The quantitative estimate of drug-likeness (QED) is 0.665. The number of hydrogen-bond acceptors (Lipinski definition) is 3. The molecule has 1 aliphatic heterocycles. The van der Waals surface area contributed by atoms with Crippen LogP contribution in [0.25, 0.3) is 0 Å². The van der Waals surface area contributed by atoms with E-state index in [0.717, 1.165) is 32.1 Å². The lowest BCUT2D eigenvalue weighted by molar-refractivity contribution is 0.0615. The zero-order valence-electron chi connectivity index (χ0n) is 8.00. The summed E-state index contributed by atoms with van der Waals surface area (Å²) in [4.78, 5) is 4.21. The first-order chi connectivity index (χ1) is 6.45. The molecule has 0 N–H and O–H groups in total. The van der Waals surface area contributed by atoms with Crippen LogP contribution < -0.4 is 0 Å². The van der Waals surface area contributed by atoms with E-state index in [0.29, 0.717) is 6.10 Å². The van der Waals surface area contributed by atoms with E-state index < -0.39 is 0 Å². The third-order valence-electron chi connectivity index (χ3n) is 2.62. The molecule has 0 aromatic heterocycles. The first kappa shape index (κ1) is 9.00. The van der Waals surface area contributed by atoms with Crippen molar-refractivity contribution in [1.29, 1.82) is 0 Å². The van der Waals surface area contributed by atoms with Gasteiger partial charge in [-0.25, -0.2) is 0 Å². The highest BCUT2D eigenvalue weighted by Gasteiger charge is 2.15. The standard InChI is InChI=1S/C10H17NO2/c1-2-4-9(3-1)12-7-5-10-11-6-8-13-10/h9H,1-8H2. The zero-order chi connectivity index (χ0) is 8.93. The summed E-state index contributed by atoms with van der Waals surface area (Å²) < 4.78 is 11.0. The van der Waals surface area contributed by atoms with E-state index in [9.17, 15) is 0 Å². The predicted molar refractivity (Wildman–Crippen MR) is 51.1 cm³/mol. The van der Waals surface area contributed by atoms with E-state index in [4.69, 9.17) is 9.47 Å². The van der Waals surface area contributed by atoms with Gasteiger partial charge in [-0.05, 0) is 12.8 Å². The van der Waals surface area contributed by atoms with Gasteiger partial charge in [-0.2, -0.15) is 0 Å². The minimum atomic E-state index is 0.516. The molecule has 1 saturated carbocycles. The number of ether oxygens (including phenoxy) is 2. The smallest absolute Gasteiger partial charge is 0.185 e. The molecule has 1 aliphatic carbocycles. The van der Waals surface area contributed by atoms with Gasteiger partial charge >= 0.3 is 0 Å². The molecule has 2 rings (SSSR count). The van der Waals surface area contributed by atoms with Crippen LogP contribution in [0.4, 0.5) is 0 Å². The molecule has 0 bridgehead atoms. The Morgan fingerprint density at radius 1 is 1.38 bits per heavy atom.